The van der Waals surface area contributed by atoms with Gasteiger partial charge in [0.2, 0.25) is 0 Å². The fourth-order valence-corrected chi connectivity index (χ4v) is 3.80. The Balaban J connectivity index is 2.13. The lowest BCUT2D eigenvalue weighted by atomic mass is 9.95. The zero-order chi connectivity index (χ0) is 16.8. The lowest BCUT2D eigenvalue weighted by Crippen LogP contribution is -2.17. The molecule has 1 aliphatic heterocycles. The van der Waals surface area contributed by atoms with Gasteiger partial charge in [-0.2, -0.15) is 0 Å². The summed E-state index contributed by atoms with van der Waals surface area (Å²) in [4.78, 5) is 0. The number of benzene rings is 2. The van der Waals surface area contributed by atoms with Crippen LogP contribution in [0.4, 0.5) is 13.2 Å². The standard InChI is InChI=1S/C15H6BrF3I2O2/c16-11-4-9-10(6-20)8-3-7(21)1-2-12(8)22-13(9)5-14(11)23-15(17,18)19/h1-6H/b10-6-. The largest absolute Gasteiger partial charge is 0.573 e. The summed E-state index contributed by atoms with van der Waals surface area (Å²) in [7, 11) is 0. The molecule has 0 saturated heterocycles. The van der Waals surface area contributed by atoms with Gasteiger partial charge in [0.25, 0.3) is 0 Å². The Morgan fingerprint density at radius 2 is 1.78 bits per heavy atom. The van der Waals surface area contributed by atoms with E-state index in [1.54, 1.807) is 12.1 Å². The summed E-state index contributed by atoms with van der Waals surface area (Å²) < 4.78 is 50.4. The molecule has 3 rings (SSSR count). The third-order valence-corrected chi connectivity index (χ3v) is 5.02. The highest BCUT2D eigenvalue weighted by molar-refractivity contribution is 14.1. The number of hydrogen-bond acceptors (Lipinski definition) is 2. The molecular weight excluding hydrogens is 603 g/mol. The average Bonchev–Trinajstić information content (AvgIpc) is 2.45. The van der Waals surface area contributed by atoms with Crippen molar-refractivity contribution < 1.29 is 22.6 Å². The Bertz CT molecular complexity index is 819. The Labute approximate surface area is 165 Å². The molecule has 0 saturated carbocycles. The Kier molecular flexibility index (Phi) is 4.85. The minimum Gasteiger partial charge on any atom is -0.456 e. The van der Waals surface area contributed by atoms with Crippen LogP contribution in [-0.2, 0) is 0 Å². The predicted molar refractivity (Wildman–Crippen MR) is 101 cm³/mol. The second kappa shape index (κ2) is 6.43. The van der Waals surface area contributed by atoms with Crippen molar-refractivity contribution in [2.45, 2.75) is 6.36 Å². The third-order valence-electron chi connectivity index (χ3n) is 3.11. The van der Waals surface area contributed by atoms with E-state index in [0.29, 0.717) is 17.1 Å². The molecule has 2 aromatic carbocycles. The third kappa shape index (κ3) is 3.63. The number of alkyl halides is 3. The van der Waals surface area contributed by atoms with Crippen molar-refractivity contribution in [1.29, 1.82) is 0 Å². The van der Waals surface area contributed by atoms with Gasteiger partial charge < -0.3 is 9.47 Å². The van der Waals surface area contributed by atoms with Crippen LogP contribution in [0.2, 0.25) is 0 Å². The summed E-state index contributed by atoms with van der Waals surface area (Å²) >= 11 is 7.43. The molecule has 2 nitrogen and oxygen atoms in total. The van der Waals surface area contributed by atoms with Gasteiger partial charge in [0.1, 0.15) is 17.2 Å². The maximum atomic E-state index is 12.5. The molecule has 0 aliphatic carbocycles. The topological polar surface area (TPSA) is 18.5 Å². The molecule has 2 aromatic rings. The minimum atomic E-state index is -4.76. The number of rotatable bonds is 1. The highest BCUT2D eigenvalue weighted by Crippen LogP contribution is 2.48. The van der Waals surface area contributed by atoms with Crippen LogP contribution >= 0.6 is 61.1 Å². The number of fused-ring (bicyclic) bond motifs is 2. The fourth-order valence-electron chi connectivity index (χ4n) is 2.22. The maximum Gasteiger partial charge on any atom is 0.573 e. The first-order valence-electron chi connectivity index (χ1n) is 6.16. The molecule has 0 aromatic heterocycles. The first kappa shape index (κ1) is 17.3. The van der Waals surface area contributed by atoms with E-state index < -0.39 is 6.36 Å². The fraction of sp³-hybridized carbons (Fsp3) is 0.0667. The second-order valence-corrected chi connectivity index (χ2v) is 7.31. The summed E-state index contributed by atoms with van der Waals surface area (Å²) in [5.41, 5.74) is 2.49. The molecule has 1 heterocycles. The minimum absolute atomic E-state index is 0.210. The van der Waals surface area contributed by atoms with Crippen LogP contribution in [0.1, 0.15) is 11.1 Å². The van der Waals surface area contributed by atoms with Gasteiger partial charge in [-0.25, -0.2) is 0 Å². The van der Waals surface area contributed by atoms with Gasteiger partial charge in [-0.15, -0.1) is 13.2 Å². The highest BCUT2D eigenvalue weighted by Gasteiger charge is 2.33. The highest BCUT2D eigenvalue weighted by atomic mass is 127. The molecule has 1 aliphatic rings. The monoisotopic (exact) mass is 608 g/mol. The van der Waals surface area contributed by atoms with Gasteiger partial charge >= 0.3 is 6.36 Å². The molecule has 0 fully saturated rings. The first-order valence-corrected chi connectivity index (χ1v) is 9.28. The molecule has 0 radical (unpaired) electrons. The molecule has 0 unspecified atom stereocenters. The zero-order valence-corrected chi connectivity index (χ0v) is 16.9. The SMILES string of the molecule is FC(F)(F)Oc1cc2c(cc1Br)/C(=C\I)c1cc(I)ccc1O2. The summed E-state index contributed by atoms with van der Waals surface area (Å²) in [6.45, 7) is 0. The predicted octanol–water partition coefficient (Wildman–Crippen LogP) is 6.88. The summed E-state index contributed by atoms with van der Waals surface area (Å²) in [6, 6.07) is 8.46. The molecule has 0 bridgehead atoms. The first-order chi connectivity index (χ1) is 10.8. The van der Waals surface area contributed by atoms with Crippen LogP contribution in [0.15, 0.2) is 38.9 Å². The number of halogens is 6. The summed E-state index contributed by atoms with van der Waals surface area (Å²) in [6.07, 6.45) is -4.76. The summed E-state index contributed by atoms with van der Waals surface area (Å²) in [5, 5.41) is 0. The van der Waals surface area contributed by atoms with Gasteiger partial charge in [-0.05, 0) is 66.9 Å². The Morgan fingerprint density at radius 1 is 1.09 bits per heavy atom. The molecule has 8 heteroatoms. The van der Waals surface area contributed by atoms with Crippen molar-refractivity contribution in [3.8, 4) is 17.2 Å². The molecule has 0 atom stereocenters. The van der Waals surface area contributed by atoms with E-state index in [4.69, 9.17) is 4.74 Å². The second-order valence-electron chi connectivity index (χ2n) is 4.59. The maximum absolute atomic E-state index is 12.5. The zero-order valence-electron chi connectivity index (χ0n) is 11.0. The van der Waals surface area contributed by atoms with Gasteiger partial charge in [-0.1, -0.05) is 22.6 Å². The van der Waals surface area contributed by atoms with E-state index in [9.17, 15) is 13.2 Å². The Hall–Kier alpha value is -0.490. The van der Waals surface area contributed by atoms with Crippen molar-refractivity contribution >= 4 is 66.7 Å². The molecule has 0 N–H and O–H groups in total. The van der Waals surface area contributed by atoms with Crippen LogP contribution in [0, 0.1) is 3.57 Å². The molecule has 120 valence electrons. The van der Waals surface area contributed by atoms with Gasteiger partial charge in [0, 0.05) is 26.3 Å². The van der Waals surface area contributed by atoms with Gasteiger partial charge in [0.05, 0.1) is 4.47 Å². The van der Waals surface area contributed by atoms with E-state index >= 15 is 0 Å². The number of ether oxygens (including phenoxy) is 2. The van der Waals surface area contributed by atoms with Crippen molar-refractivity contribution in [3.05, 3.63) is 53.6 Å². The van der Waals surface area contributed by atoms with Crippen molar-refractivity contribution in [1.82, 2.24) is 0 Å². The summed E-state index contributed by atoms with van der Waals surface area (Å²) in [5.74, 6) is 0.586. The van der Waals surface area contributed by atoms with Crippen molar-refractivity contribution in [3.63, 3.8) is 0 Å². The van der Waals surface area contributed by atoms with Crippen molar-refractivity contribution in [2.75, 3.05) is 0 Å². The van der Waals surface area contributed by atoms with Crippen LogP contribution in [0.3, 0.4) is 0 Å². The van der Waals surface area contributed by atoms with E-state index in [-0.39, 0.29) is 10.2 Å². The molecule has 0 amide bonds. The lowest BCUT2D eigenvalue weighted by molar-refractivity contribution is -0.274. The lowest BCUT2D eigenvalue weighted by Gasteiger charge is -2.24. The van der Waals surface area contributed by atoms with E-state index in [2.05, 4.69) is 65.8 Å². The smallest absolute Gasteiger partial charge is 0.456 e. The van der Waals surface area contributed by atoms with Crippen LogP contribution < -0.4 is 9.47 Å². The van der Waals surface area contributed by atoms with Gasteiger partial charge in [-0.3, -0.25) is 0 Å². The van der Waals surface area contributed by atoms with Crippen LogP contribution in [0.5, 0.6) is 17.2 Å². The van der Waals surface area contributed by atoms with Crippen LogP contribution in [0.25, 0.3) is 5.57 Å². The average molecular weight is 609 g/mol. The Morgan fingerprint density at radius 3 is 2.43 bits per heavy atom. The van der Waals surface area contributed by atoms with E-state index in [0.717, 1.165) is 14.7 Å². The van der Waals surface area contributed by atoms with Crippen molar-refractivity contribution in [2.24, 2.45) is 0 Å². The van der Waals surface area contributed by atoms with Gasteiger partial charge in [0.15, 0.2) is 0 Å². The van der Waals surface area contributed by atoms with Crippen LogP contribution in [-0.4, -0.2) is 6.36 Å². The molecule has 0 spiro atoms. The molecule has 23 heavy (non-hydrogen) atoms. The number of hydrogen-bond donors (Lipinski definition) is 0. The van der Waals surface area contributed by atoms with E-state index in [1.165, 1.54) is 6.07 Å². The quantitative estimate of drug-likeness (QED) is 0.281. The van der Waals surface area contributed by atoms with E-state index in [1.807, 2.05) is 16.2 Å². The molecular formula is C15H6BrF3I2O2. The normalized spacial score (nSPS) is 15.0.